The first-order valence-corrected chi connectivity index (χ1v) is 7.50. The summed E-state index contributed by atoms with van der Waals surface area (Å²) in [5, 5.41) is 0. The molecule has 114 valence electrons. The lowest BCUT2D eigenvalue weighted by Gasteiger charge is -2.16. The number of nitrogens with two attached hydrogens (primary N) is 1. The van der Waals surface area contributed by atoms with Crippen molar-refractivity contribution < 1.29 is 0 Å². The fourth-order valence-corrected chi connectivity index (χ4v) is 2.84. The second kappa shape index (κ2) is 6.51. The number of hydrogen-bond acceptors (Lipinski definition) is 2. The molecule has 1 aliphatic rings. The number of rotatable bonds is 3. The zero-order valence-electron chi connectivity index (χ0n) is 12.1. The molecule has 7 heteroatoms. The minimum atomic E-state index is 0. The van der Waals surface area contributed by atoms with Crippen LogP contribution in [0.3, 0.4) is 0 Å². The Kier molecular flexibility index (Phi) is 5.13. The molecule has 1 fully saturated rings. The fourth-order valence-electron chi connectivity index (χ4n) is 2.27. The number of aromatic nitrogens is 2. The van der Waals surface area contributed by atoms with Crippen LogP contribution in [0.25, 0.3) is 5.65 Å². The molecule has 21 heavy (non-hydrogen) atoms. The topological polar surface area (TPSA) is 58.9 Å². The highest BCUT2D eigenvalue weighted by molar-refractivity contribution is 14.0. The van der Waals surface area contributed by atoms with Gasteiger partial charge in [0.2, 0.25) is 0 Å². The summed E-state index contributed by atoms with van der Waals surface area (Å²) in [7, 11) is 2.00. The lowest BCUT2D eigenvalue weighted by Crippen LogP contribution is -2.35. The van der Waals surface area contributed by atoms with Gasteiger partial charge in [-0.15, -0.1) is 24.0 Å². The Morgan fingerprint density at radius 2 is 2.24 bits per heavy atom. The average Bonchev–Trinajstić information content (AvgIpc) is 3.16. The van der Waals surface area contributed by atoms with Gasteiger partial charge in [0.1, 0.15) is 5.65 Å². The van der Waals surface area contributed by atoms with Crippen LogP contribution in [0.4, 0.5) is 0 Å². The highest BCUT2D eigenvalue weighted by Gasteiger charge is 2.27. The number of aliphatic imine (C=N–C) groups is 1. The van der Waals surface area contributed by atoms with E-state index in [1.54, 1.807) is 0 Å². The van der Waals surface area contributed by atoms with E-state index in [4.69, 9.17) is 5.73 Å². The Morgan fingerprint density at radius 3 is 2.90 bits per heavy atom. The lowest BCUT2D eigenvalue weighted by atomic mass is 10.3. The Bertz CT molecular complexity index is 677. The third-order valence-electron chi connectivity index (χ3n) is 3.61. The molecule has 2 aromatic heterocycles. The van der Waals surface area contributed by atoms with E-state index < -0.39 is 0 Å². The standard InChI is InChI=1S/C14H18BrN5.HI/c1-9-5-10(15)7-20-8-11(18-13(9)20)6-17-14(16)19(2)12-3-4-12;/h5,7-8,12H,3-4,6H2,1-2H3,(H2,16,17);1H. The van der Waals surface area contributed by atoms with Crippen molar-refractivity contribution in [3.63, 3.8) is 0 Å². The number of hydrogen-bond donors (Lipinski definition) is 1. The molecule has 0 amide bonds. The van der Waals surface area contributed by atoms with Crippen LogP contribution in [0.1, 0.15) is 24.1 Å². The van der Waals surface area contributed by atoms with Crippen molar-refractivity contribution in [1.82, 2.24) is 14.3 Å². The molecule has 2 N–H and O–H groups in total. The molecule has 0 bridgehead atoms. The summed E-state index contributed by atoms with van der Waals surface area (Å²) in [6, 6.07) is 2.64. The maximum atomic E-state index is 5.99. The van der Waals surface area contributed by atoms with Crippen molar-refractivity contribution in [2.75, 3.05) is 7.05 Å². The van der Waals surface area contributed by atoms with E-state index in [-0.39, 0.29) is 24.0 Å². The Morgan fingerprint density at radius 1 is 1.52 bits per heavy atom. The summed E-state index contributed by atoms with van der Waals surface area (Å²) in [5.41, 5.74) is 9.02. The van der Waals surface area contributed by atoms with Crippen LogP contribution in [0.5, 0.6) is 0 Å². The Hall–Kier alpha value is -0.830. The van der Waals surface area contributed by atoms with Gasteiger partial charge in [-0.3, -0.25) is 0 Å². The number of halogens is 2. The molecular formula is C14H19BrIN5. The summed E-state index contributed by atoms with van der Waals surface area (Å²) in [6.45, 7) is 2.57. The SMILES string of the molecule is Cc1cc(Br)cn2cc(CN=C(N)N(C)C3CC3)nc12.I. The molecule has 5 nitrogen and oxygen atoms in total. The Labute approximate surface area is 149 Å². The normalized spacial score (nSPS) is 15.1. The van der Waals surface area contributed by atoms with Crippen molar-refractivity contribution in [2.24, 2.45) is 10.7 Å². The molecule has 2 aromatic rings. The molecule has 0 unspecified atom stereocenters. The number of guanidine groups is 1. The molecule has 1 saturated carbocycles. The molecule has 0 aromatic carbocycles. The monoisotopic (exact) mass is 463 g/mol. The van der Waals surface area contributed by atoms with Crippen LogP contribution >= 0.6 is 39.9 Å². The summed E-state index contributed by atoms with van der Waals surface area (Å²) in [6.07, 6.45) is 6.44. The van der Waals surface area contributed by atoms with Gasteiger partial charge < -0.3 is 15.0 Å². The van der Waals surface area contributed by atoms with Gasteiger partial charge >= 0.3 is 0 Å². The highest BCUT2D eigenvalue weighted by Crippen LogP contribution is 2.25. The van der Waals surface area contributed by atoms with Crippen LogP contribution in [0.15, 0.2) is 27.9 Å². The van der Waals surface area contributed by atoms with E-state index in [0.29, 0.717) is 18.5 Å². The van der Waals surface area contributed by atoms with Gasteiger partial charge in [0.25, 0.3) is 0 Å². The van der Waals surface area contributed by atoms with E-state index >= 15 is 0 Å². The van der Waals surface area contributed by atoms with E-state index in [9.17, 15) is 0 Å². The zero-order chi connectivity index (χ0) is 14.3. The first-order valence-electron chi connectivity index (χ1n) is 6.71. The summed E-state index contributed by atoms with van der Waals surface area (Å²) < 4.78 is 3.06. The molecule has 0 atom stereocenters. The first-order chi connectivity index (χ1) is 9.54. The molecule has 3 rings (SSSR count). The largest absolute Gasteiger partial charge is 0.370 e. The zero-order valence-corrected chi connectivity index (χ0v) is 16.0. The van der Waals surface area contributed by atoms with E-state index in [2.05, 4.69) is 43.8 Å². The summed E-state index contributed by atoms with van der Waals surface area (Å²) in [4.78, 5) is 11.1. The van der Waals surface area contributed by atoms with Gasteiger partial charge in [-0.25, -0.2) is 9.98 Å². The van der Waals surface area contributed by atoms with E-state index in [0.717, 1.165) is 21.4 Å². The fraction of sp³-hybridized carbons (Fsp3) is 0.429. The Balaban J connectivity index is 0.00000161. The second-order valence-electron chi connectivity index (χ2n) is 5.32. The number of nitrogens with zero attached hydrogens (tertiary/aromatic N) is 4. The van der Waals surface area contributed by atoms with Crippen molar-refractivity contribution >= 4 is 51.5 Å². The smallest absolute Gasteiger partial charge is 0.191 e. The van der Waals surface area contributed by atoms with Crippen LogP contribution in [-0.4, -0.2) is 33.3 Å². The number of pyridine rings is 1. The first kappa shape index (κ1) is 16.5. The van der Waals surface area contributed by atoms with Crippen LogP contribution in [-0.2, 0) is 6.54 Å². The van der Waals surface area contributed by atoms with Gasteiger partial charge in [0, 0.05) is 30.0 Å². The van der Waals surface area contributed by atoms with Gasteiger partial charge in [-0.1, -0.05) is 0 Å². The van der Waals surface area contributed by atoms with Crippen molar-refractivity contribution in [1.29, 1.82) is 0 Å². The molecular weight excluding hydrogens is 445 g/mol. The number of aryl methyl sites for hydroxylation is 1. The quantitative estimate of drug-likeness (QED) is 0.432. The van der Waals surface area contributed by atoms with E-state index in [1.807, 2.05) is 23.8 Å². The van der Waals surface area contributed by atoms with Gasteiger partial charge in [-0.05, 0) is 47.3 Å². The minimum absolute atomic E-state index is 0. The van der Waals surface area contributed by atoms with Crippen molar-refractivity contribution in [2.45, 2.75) is 32.4 Å². The average molecular weight is 464 g/mol. The third kappa shape index (κ3) is 3.68. The number of fused-ring (bicyclic) bond motifs is 1. The van der Waals surface area contributed by atoms with Crippen LogP contribution < -0.4 is 5.73 Å². The summed E-state index contributed by atoms with van der Waals surface area (Å²) in [5.74, 6) is 0.599. The third-order valence-corrected chi connectivity index (χ3v) is 4.04. The van der Waals surface area contributed by atoms with Crippen molar-refractivity contribution in [3.05, 3.63) is 34.2 Å². The number of imidazole rings is 1. The minimum Gasteiger partial charge on any atom is -0.370 e. The molecule has 2 heterocycles. The van der Waals surface area contributed by atoms with Crippen LogP contribution in [0, 0.1) is 6.92 Å². The van der Waals surface area contributed by atoms with Gasteiger partial charge in [0.05, 0.1) is 12.2 Å². The second-order valence-corrected chi connectivity index (χ2v) is 6.24. The van der Waals surface area contributed by atoms with E-state index in [1.165, 1.54) is 12.8 Å². The molecule has 0 spiro atoms. The molecule has 0 radical (unpaired) electrons. The molecule has 0 aliphatic heterocycles. The maximum absolute atomic E-state index is 5.99. The predicted molar refractivity (Wildman–Crippen MR) is 99.2 cm³/mol. The van der Waals surface area contributed by atoms with Gasteiger partial charge in [0.15, 0.2) is 5.96 Å². The molecule has 1 aliphatic carbocycles. The summed E-state index contributed by atoms with van der Waals surface area (Å²) >= 11 is 3.49. The van der Waals surface area contributed by atoms with Crippen molar-refractivity contribution in [3.8, 4) is 0 Å². The molecule has 0 saturated heterocycles. The van der Waals surface area contributed by atoms with Gasteiger partial charge in [-0.2, -0.15) is 0 Å². The highest BCUT2D eigenvalue weighted by atomic mass is 127. The predicted octanol–water partition coefficient (Wildman–Crippen LogP) is 2.93. The van der Waals surface area contributed by atoms with Crippen LogP contribution in [0.2, 0.25) is 0 Å². The maximum Gasteiger partial charge on any atom is 0.191 e. The lowest BCUT2D eigenvalue weighted by molar-refractivity contribution is 0.487.